The number of nitrogens with two attached hydrogens (primary N) is 1. The highest BCUT2D eigenvalue weighted by atomic mass is 35.5. The molecular weight excluding hydrogens is 280 g/mol. The van der Waals surface area contributed by atoms with Crippen LogP contribution in [0.2, 0.25) is 15.1 Å². The Bertz CT molecular complexity index is 332. The lowest BCUT2D eigenvalue weighted by atomic mass is 10.1. The van der Waals surface area contributed by atoms with Crippen LogP contribution in [0.25, 0.3) is 0 Å². The minimum Gasteiger partial charge on any atom is -0.395 e. The van der Waals surface area contributed by atoms with E-state index in [0.29, 0.717) is 21.5 Å². The topological polar surface area (TPSA) is 46.2 Å². The van der Waals surface area contributed by atoms with Crippen molar-refractivity contribution in [3.05, 3.63) is 32.8 Å². The molecule has 1 atom stereocenters. The zero-order valence-corrected chi connectivity index (χ0v) is 10.8. The third-order valence-corrected chi connectivity index (χ3v) is 2.84. The van der Waals surface area contributed by atoms with Gasteiger partial charge in [-0.1, -0.05) is 34.8 Å². The van der Waals surface area contributed by atoms with Gasteiger partial charge in [-0.05, 0) is 24.1 Å². The molecule has 15 heavy (non-hydrogen) atoms. The highest BCUT2D eigenvalue weighted by molar-refractivity contribution is 6.43. The Balaban J connectivity index is 0.00000196. The maximum Gasteiger partial charge on any atom is 0.0625 e. The summed E-state index contributed by atoms with van der Waals surface area (Å²) in [7, 11) is 0. The van der Waals surface area contributed by atoms with Crippen LogP contribution in [0.1, 0.15) is 5.56 Å². The SMILES string of the molecule is Cl.NC(CO)Cc1cc(Cl)cc(Cl)c1Cl. The lowest BCUT2D eigenvalue weighted by Crippen LogP contribution is -2.26. The lowest BCUT2D eigenvalue weighted by Gasteiger charge is -2.10. The molecule has 0 aliphatic carbocycles. The van der Waals surface area contributed by atoms with Crippen molar-refractivity contribution in [2.24, 2.45) is 5.73 Å². The Morgan fingerprint density at radius 2 is 1.87 bits per heavy atom. The number of aliphatic hydroxyl groups excluding tert-OH is 1. The zero-order valence-electron chi connectivity index (χ0n) is 7.71. The molecular formula is C9H11Cl4NO. The molecule has 6 heteroatoms. The summed E-state index contributed by atoms with van der Waals surface area (Å²) in [4.78, 5) is 0. The van der Waals surface area contributed by atoms with Crippen molar-refractivity contribution in [1.82, 2.24) is 0 Å². The summed E-state index contributed by atoms with van der Waals surface area (Å²) < 4.78 is 0. The first-order valence-electron chi connectivity index (χ1n) is 4.04. The Morgan fingerprint density at radius 1 is 1.27 bits per heavy atom. The quantitative estimate of drug-likeness (QED) is 0.841. The second kappa shape index (κ2) is 6.79. The second-order valence-electron chi connectivity index (χ2n) is 3.01. The van der Waals surface area contributed by atoms with Gasteiger partial charge in [-0.15, -0.1) is 12.4 Å². The van der Waals surface area contributed by atoms with Crippen molar-refractivity contribution in [2.75, 3.05) is 6.61 Å². The Hall–Kier alpha value is 0.300. The number of aliphatic hydroxyl groups is 1. The molecule has 0 aromatic heterocycles. The average Bonchev–Trinajstić information content (AvgIpc) is 2.13. The maximum absolute atomic E-state index is 8.79. The average molecular weight is 291 g/mol. The van der Waals surface area contributed by atoms with E-state index >= 15 is 0 Å². The van der Waals surface area contributed by atoms with E-state index in [2.05, 4.69) is 0 Å². The van der Waals surface area contributed by atoms with E-state index in [0.717, 1.165) is 5.56 Å². The smallest absolute Gasteiger partial charge is 0.0625 e. The van der Waals surface area contributed by atoms with Gasteiger partial charge in [0, 0.05) is 11.1 Å². The predicted octanol–water partition coefficient (Wildman–Crippen LogP) is 2.93. The third-order valence-electron chi connectivity index (χ3n) is 1.78. The van der Waals surface area contributed by atoms with Gasteiger partial charge in [-0.3, -0.25) is 0 Å². The fourth-order valence-electron chi connectivity index (χ4n) is 1.10. The summed E-state index contributed by atoms with van der Waals surface area (Å²) >= 11 is 17.6. The van der Waals surface area contributed by atoms with Gasteiger partial charge in [0.25, 0.3) is 0 Å². The van der Waals surface area contributed by atoms with Crippen molar-refractivity contribution in [3.63, 3.8) is 0 Å². The normalized spacial score (nSPS) is 12.1. The maximum atomic E-state index is 8.79. The van der Waals surface area contributed by atoms with Gasteiger partial charge in [0.1, 0.15) is 0 Å². The molecule has 0 amide bonds. The van der Waals surface area contributed by atoms with Gasteiger partial charge in [0.15, 0.2) is 0 Å². The van der Waals surface area contributed by atoms with Crippen LogP contribution in [0.3, 0.4) is 0 Å². The largest absolute Gasteiger partial charge is 0.395 e. The minimum absolute atomic E-state index is 0. The van der Waals surface area contributed by atoms with E-state index in [-0.39, 0.29) is 25.1 Å². The summed E-state index contributed by atoms with van der Waals surface area (Å²) in [5.41, 5.74) is 6.33. The Morgan fingerprint density at radius 3 is 2.40 bits per heavy atom. The molecule has 1 aromatic carbocycles. The minimum atomic E-state index is -0.345. The van der Waals surface area contributed by atoms with Crippen LogP contribution in [0.5, 0.6) is 0 Å². The molecule has 3 N–H and O–H groups in total. The molecule has 0 spiro atoms. The molecule has 0 aliphatic rings. The van der Waals surface area contributed by atoms with Crippen LogP contribution in [0, 0.1) is 0 Å². The number of hydrogen-bond acceptors (Lipinski definition) is 2. The molecule has 2 nitrogen and oxygen atoms in total. The fraction of sp³-hybridized carbons (Fsp3) is 0.333. The summed E-state index contributed by atoms with van der Waals surface area (Å²) in [5, 5.41) is 10.2. The predicted molar refractivity (Wildman–Crippen MR) is 67.5 cm³/mol. The van der Waals surface area contributed by atoms with Crippen LogP contribution in [0.15, 0.2) is 12.1 Å². The van der Waals surface area contributed by atoms with E-state index in [1.807, 2.05) is 0 Å². The third kappa shape index (κ3) is 4.35. The van der Waals surface area contributed by atoms with Crippen molar-refractivity contribution in [1.29, 1.82) is 0 Å². The van der Waals surface area contributed by atoms with Crippen molar-refractivity contribution in [3.8, 4) is 0 Å². The molecule has 0 aliphatic heterocycles. The van der Waals surface area contributed by atoms with E-state index < -0.39 is 0 Å². The highest BCUT2D eigenvalue weighted by Crippen LogP contribution is 2.30. The van der Waals surface area contributed by atoms with E-state index in [4.69, 9.17) is 45.6 Å². The number of hydrogen-bond donors (Lipinski definition) is 2. The van der Waals surface area contributed by atoms with Gasteiger partial charge in [-0.25, -0.2) is 0 Å². The standard InChI is InChI=1S/C9H10Cl3NO.ClH/c10-6-1-5(2-7(13)4-14)9(12)8(11)3-6;/h1,3,7,14H,2,4,13H2;1H. The van der Waals surface area contributed by atoms with Crippen LogP contribution in [0.4, 0.5) is 0 Å². The molecule has 0 saturated heterocycles. The molecule has 0 saturated carbocycles. The summed E-state index contributed by atoms with van der Waals surface area (Å²) in [5.74, 6) is 0. The summed E-state index contributed by atoms with van der Waals surface area (Å²) in [6.07, 6.45) is 0.454. The second-order valence-corrected chi connectivity index (χ2v) is 4.23. The Labute approximate surface area is 110 Å². The molecule has 0 heterocycles. The van der Waals surface area contributed by atoms with Crippen LogP contribution in [-0.2, 0) is 6.42 Å². The van der Waals surface area contributed by atoms with E-state index in [1.165, 1.54) is 0 Å². The molecule has 1 aromatic rings. The monoisotopic (exact) mass is 289 g/mol. The lowest BCUT2D eigenvalue weighted by molar-refractivity contribution is 0.265. The van der Waals surface area contributed by atoms with Crippen LogP contribution in [-0.4, -0.2) is 17.8 Å². The first-order chi connectivity index (χ1) is 6.54. The first-order valence-corrected chi connectivity index (χ1v) is 5.18. The molecule has 0 bridgehead atoms. The number of halogens is 4. The van der Waals surface area contributed by atoms with Crippen molar-refractivity contribution in [2.45, 2.75) is 12.5 Å². The van der Waals surface area contributed by atoms with Gasteiger partial charge in [0.05, 0.1) is 16.7 Å². The summed E-state index contributed by atoms with van der Waals surface area (Å²) in [6, 6.07) is 2.92. The highest BCUT2D eigenvalue weighted by Gasteiger charge is 2.10. The molecule has 0 radical (unpaired) electrons. The van der Waals surface area contributed by atoms with Gasteiger partial charge < -0.3 is 10.8 Å². The van der Waals surface area contributed by atoms with Crippen molar-refractivity contribution < 1.29 is 5.11 Å². The van der Waals surface area contributed by atoms with Gasteiger partial charge in [-0.2, -0.15) is 0 Å². The molecule has 0 fully saturated rings. The zero-order chi connectivity index (χ0) is 10.7. The fourth-order valence-corrected chi connectivity index (χ4v) is 1.83. The first kappa shape index (κ1) is 15.3. The van der Waals surface area contributed by atoms with Crippen LogP contribution >= 0.6 is 47.2 Å². The van der Waals surface area contributed by atoms with Crippen LogP contribution < -0.4 is 5.73 Å². The van der Waals surface area contributed by atoms with E-state index in [9.17, 15) is 0 Å². The molecule has 1 unspecified atom stereocenters. The number of benzene rings is 1. The molecule has 86 valence electrons. The van der Waals surface area contributed by atoms with Crippen molar-refractivity contribution >= 4 is 47.2 Å². The van der Waals surface area contributed by atoms with E-state index in [1.54, 1.807) is 12.1 Å². The Kier molecular flexibility index (Phi) is 6.93. The number of rotatable bonds is 3. The molecule has 1 rings (SSSR count). The summed E-state index contributed by atoms with van der Waals surface area (Å²) in [6.45, 7) is -0.0968. The van der Waals surface area contributed by atoms with Gasteiger partial charge in [0.2, 0.25) is 0 Å². The van der Waals surface area contributed by atoms with Gasteiger partial charge >= 0.3 is 0 Å².